The summed E-state index contributed by atoms with van der Waals surface area (Å²) in [5.74, 6) is 0. The predicted octanol–water partition coefficient (Wildman–Crippen LogP) is -0.331. The van der Waals surface area contributed by atoms with Gasteiger partial charge in [-0.1, -0.05) is 0 Å². The fraction of sp³-hybridized carbons (Fsp3) is 1.00. The summed E-state index contributed by atoms with van der Waals surface area (Å²) in [6.07, 6.45) is 0. The van der Waals surface area contributed by atoms with Gasteiger partial charge in [0.1, 0.15) is 0 Å². The zero-order valence-corrected chi connectivity index (χ0v) is 8.67. The Morgan fingerprint density at radius 3 is 0.714 bits per heavy atom. The molecule has 0 amide bonds. The second kappa shape index (κ2) is 31.1. The minimum Gasteiger partial charge on any atom is -0.323 e. The summed E-state index contributed by atoms with van der Waals surface area (Å²) in [6, 6.07) is 0. The first-order valence-corrected chi connectivity index (χ1v) is 2.00. The monoisotopic (exact) mass is 154 g/mol. The first kappa shape index (κ1) is 15.6. The molecule has 0 rings (SSSR count). The zero-order chi connectivity index (χ0) is 5.41. The summed E-state index contributed by atoms with van der Waals surface area (Å²) in [4.78, 5) is 0. The van der Waals surface area contributed by atoms with Gasteiger partial charge in [0.2, 0.25) is 0 Å². The van der Waals surface area contributed by atoms with Gasteiger partial charge in [-0.25, -0.2) is 0 Å². The molecule has 0 atom stereocenters. The van der Waals surface area contributed by atoms with Crippen LogP contribution in [0.15, 0.2) is 0 Å². The average molecular weight is 156 g/mol. The van der Waals surface area contributed by atoms with Gasteiger partial charge in [-0.3, -0.25) is 0 Å². The second-order valence-electron chi connectivity index (χ2n) is 1.00. The van der Waals surface area contributed by atoms with E-state index in [2.05, 4.69) is 10.6 Å². The molecule has 7 heavy (non-hydrogen) atoms. The van der Waals surface area contributed by atoms with Crippen molar-refractivity contribution in [2.75, 3.05) is 28.2 Å². The SMILES string of the molecule is CNC.CNC.[Zn]. The molecule has 0 aromatic heterocycles. The molecular weight excluding hydrogens is 141 g/mol. The topological polar surface area (TPSA) is 24.1 Å². The molecular formula is C4H14N2Zn. The van der Waals surface area contributed by atoms with E-state index in [1.165, 1.54) is 0 Å². The van der Waals surface area contributed by atoms with Gasteiger partial charge in [-0.15, -0.1) is 0 Å². The second-order valence-corrected chi connectivity index (χ2v) is 1.00. The molecule has 0 fully saturated rings. The summed E-state index contributed by atoms with van der Waals surface area (Å²) in [5.41, 5.74) is 0. The Morgan fingerprint density at radius 2 is 0.714 bits per heavy atom. The van der Waals surface area contributed by atoms with Crippen LogP contribution >= 0.6 is 0 Å². The van der Waals surface area contributed by atoms with Crippen LogP contribution in [0.4, 0.5) is 0 Å². The number of nitrogens with one attached hydrogen (secondary N) is 2. The molecule has 0 bridgehead atoms. The van der Waals surface area contributed by atoms with Gasteiger partial charge in [0.15, 0.2) is 0 Å². The fourth-order valence-corrected chi connectivity index (χ4v) is 0. The molecule has 0 unspecified atom stereocenters. The maximum atomic E-state index is 2.75. The molecule has 2 nitrogen and oxygen atoms in total. The molecule has 0 saturated heterocycles. The van der Waals surface area contributed by atoms with E-state index in [0.717, 1.165) is 0 Å². The summed E-state index contributed by atoms with van der Waals surface area (Å²) < 4.78 is 0. The molecule has 3 heteroatoms. The van der Waals surface area contributed by atoms with Crippen LogP contribution < -0.4 is 10.6 Å². The Labute approximate surface area is 58.8 Å². The van der Waals surface area contributed by atoms with Crippen LogP contribution in [0, 0.1) is 0 Å². The van der Waals surface area contributed by atoms with E-state index in [1.807, 2.05) is 28.2 Å². The standard InChI is InChI=1S/2C2H7N.Zn/c2*1-3-2;/h2*3H,1-2H3;. The minimum absolute atomic E-state index is 0. The molecule has 0 radical (unpaired) electrons. The Kier molecular flexibility index (Phi) is 69.5. The summed E-state index contributed by atoms with van der Waals surface area (Å²) in [7, 11) is 7.50. The number of rotatable bonds is 0. The van der Waals surface area contributed by atoms with Gasteiger partial charge in [0.25, 0.3) is 0 Å². The van der Waals surface area contributed by atoms with Gasteiger partial charge >= 0.3 is 0 Å². The first-order valence-electron chi connectivity index (χ1n) is 2.00. The average Bonchev–Trinajstić information content (AvgIpc) is 1.39. The Morgan fingerprint density at radius 1 is 0.714 bits per heavy atom. The molecule has 0 aliphatic carbocycles. The fourth-order valence-electron chi connectivity index (χ4n) is 0. The molecule has 0 saturated carbocycles. The molecule has 0 aromatic carbocycles. The molecule has 0 aromatic rings. The van der Waals surface area contributed by atoms with E-state index in [9.17, 15) is 0 Å². The van der Waals surface area contributed by atoms with Crippen molar-refractivity contribution in [3.05, 3.63) is 0 Å². The molecule has 42 valence electrons. The van der Waals surface area contributed by atoms with Crippen molar-refractivity contribution in [2.45, 2.75) is 0 Å². The van der Waals surface area contributed by atoms with E-state index in [1.54, 1.807) is 0 Å². The van der Waals surface area contributed by atoms with E-state index < -0.39 is 0 Å². The summed E-state index contributed by atoms with van der Waals surface area (Å²) >= 11 is 0. The van der Waals surface area contributed by atoms with Crippen molar-refractivity contribution in [3.63, 3.8) is 0 Å². The maximum Gasteiger partial charge on any atom is 0 e. The first-order chi connectivity index (χ1) is 2.83. The largest absolute Gasteiger partial charge is 0.323 e. The smallest absolute Gasteiger partial charge is 0 e. The Hall–Kier alpha value is 0.543. The summed E-state index contributed by atoms with van der Waals surface area (Å²) in [6.45, 7) is 0. The minimum atomic E-state index is 0. The van der Waals surface area contributed by atoms with Gasteiger partial charge < -0.3 is 10.6 Å². The van der Waals surface area contributed by atoms with Crippen molar-refractivity contribution in [3.8, 4) is 0 Å². The number of hydrogen-bond acceptors (Lipinski definition) is 2. The van der Waals surface area contributed by atoms with Crippen molar-refractivity contribution >= 4 is 0 Å². The van der Waals surface area contributed by atoms with E-state index >= 15 is 0 Å². The molecule has 2 N–H and O–H groups in total. The molecule has 0 aliphatic rings. The Balaban J connectivity index is -0.0000000400. The van der Waals surface area contributed by atoms with Crippen molar-refractivity contribution < 1.29 is 19.5 Å². The van der Waals surface area contributed by atoms with Crippen LogP contribution in [0.25, 0.3) is 0 Å². The third-order valence-corrected chi connectivity index (χ3v) is 0. The van der Waals surface area contributed by atoms with Gasteiger partial charge in [-0.2, -0.15) is 0 Å². The molecule has 0 heterocycles. The Bertz CT molecular complexity index is 11.7. The molecule has 0 aliphatic heterocycles. The van der Waals surface area contributed by atoms with Crippen LogP contribution in [0.2, 0.25) is 0 Å². The third kappa shape index (κ3) is 457. The van der Waals surface area contributed by atoms with Gasteiger partial charge in [0.05, 0.1) is 0 Å². The van der Waals surface area contributed by atoms with Crippen LogP contribution in [0.5, 0.6) is 0 Å². The van der Waals surface area contributed by atoms with E-state index in [0.29, 0.717) is 0 Å². The van der Waals surface area contributed by atoms with Crippen LogP contribution in [-0.2, 0) is 19.5 Å². The van der Waals surface area contributed by atoms with E-state index in [-0.39, 0.29) is 19.5 Å². The van der Waals surface area contributed by atoms with Crippen molar-refractivity contribution in [1.82, 2.24) is 10.6 Å². The number of hydrogen-bond donors (Lipinski definition) is 2. The van der Waals surface area contributed by atoms with Gasteiger partial charge in [-0.05, 0) is 28.2 Å². The quantitative estimate of drug-likeness (QED) is 0.468. The van der Waals surface area contributed by atoms with Crippen LogP contribution in [-0.4, -0.2) is 28.2 Å². The van der Waals surface area contributed by atoms with Crippen molar-refractivity contribution in [2.24, 2.45) is 0 Å². The van der Waals surface area contributed by atoms with Crippen LogP contribution in [0.3, 0.4) is 0 Å². The van der Waals surface area contributed by atoms with E-state index in [4.69, 9.17) is 0 Å². The van der Waals surface area contributed by atoms with Crippen LogP contribution in [0.1, 0.15) is 0 Å². The third-order valence-electron chi connectivity index (χ3n) is 0. The predicted molar refractivity (Wildman–Crippen MR) is 30.0 cm³/mol. The van der Waals surface area contributed by atoms with Crippen molar-refractivity contribution in [1.29, 1.82) is 0 Å². The normalized spacial score (nSPS) is 5.14. The molecule has 0 spiro atoms. The maximum absolute atomic E-state index is 2.75. The zero-order valence-electron chi connectivity index (χ0n) is 5.71. The summed E-state index contributed by atoms with van der Waals surface area (Å²) in [5, 5.41) is 5.50. The van der Waals surface area contributed by atoms with Gasteiger partial charge in [0, 0.05) is 19.5 Å².